The summed E-state index contributed by atoms with van der Waals surface area (Å²) in [6.45, 7) is 0. The highest BCUT2D eigenvalue weighted by Gasteiger charge is 2.17. The van der Waals surface area contributed by atoms with Crippen LogP contribution in [0.5, 0.6) is 11.5 Å². The molecule has 1 heterocycles. The number of ether oxygens (including phenoxy) is 1. The van der Waals surface area contributed by atoms with Crippen molar-refractivity contribution < 1.29 is 17.9 Å². The molecule has 0 radical (unpaired) electrons. The Balaban J connectivity index is 2.04. The molecule has 0 spiro atoms. The van der Waals surface area contributed by atoms with Gasteiger partial charge in [0.15, 0.2) is 0 Å². The number of sulfonamides is 1. The van der Waals surface area contributed by atoms with Crippen molar-refractivity contribution in [1.82, 2.24) is 14.5 Å². The van der Waals surface area contributed by atoms with E-state index in [1.165, 1.54) is 6.07 Å². The first kappa shape index (κ1) is 18.9. The quantitative estimate of drug-likeness (QED) is 0.703. The van der Waals surface area contributed by atoms with Crippen molar-refractivity contribution >= 4 is 27.5 Å². The minimum absolute atomic E-state index is 0.181. The van der Waals surface area contributed by atoms with E-state index in [9.17, 15) is 13.2 Å². The van der Waals surface area contributed by atoms with Gasteiger partial charge in [-0.25, -0.2) is 13.1 Å². The third kappa shape index (κ3) is 4.66. The maximum Gasteiger partial charge on any atom is 0.264 e. The van der Waals surface area contributed by atoms with Gasteiger partial charge < -0.3 is 4.74 Å². The lowest BCUT2D eigenvalue weighted by molar-refractivity contribution is 0.0981. The normalized spacial score (nSPS) is 11.2. The smallest absolute Gasteiger partial charge is 0.264 e. The molecular weight excluding hydrogens is 390 g/mol. The Morgan fingerprint density at radius 1 is 1.15 bits per heavy atom. The Morgan fingerprint density at radius 3 is 2.44 bits per heavy atom. The molecule has 1 aromatic heterocycles. The molecule has 0 aliphatic rings. The lowest BCUT2D eigenvalue weighted by Crippen LogP contribution is -2.29. The number of nitrogens with one attached hydrogen (secondary N) is 1. The van der Waals surface area contributed by atoms with Crippen LogP contribution in [0.15, 0.2) is 54.7 Å². The molecule has 0 aliphatic heterocycles. The van der Waals surface area contributed by atoms with Crippen molar-refractivity contribution in [3.63, 3.8) is 0 Å². The Bertz CT molecular complexity index is 1090. The highest BCUT2D eigenvalue weighted by atomic mass is 35.5. The number of halogens is 1. The first-order valence-electron chi connectivity index (χ1n) is 7.81. The Labute approximate surface area is 161 Å². The van der Waals surface area contributed by atoms with Crippen molar-refractivity contribution in [2.75, 3.05) is 6.26 Å². The zero-order valence-electron chi connectivity index (χ0n) is 14.5. The first-order valence-corrected chi connectivity index (χ1v) is 10.1. The molecule has 0 saturated carbocycles. The molecule has 0 saturated heterocycles. The van der Waals surface area contributed by atoms with Gasteiger partial charge in [-0.2, -0.15) is 5.10 Å². The van der Waals surface area contributed by atoms with Crippen LogP contribution in [0.2, 0.25) is 5.02 Å². The largest absolute Gasteiger partial charge is 0.457 e. The summed E-state index contributed by atoms with van der Waals surface area (Å²) in [6.07, 6.45) is 2.54. The number of carbonyl (C=O) groups is 1. The number of aryl methyl sites for hydroxylation is 1. The van der Waals surface area contributed by atoms with Gasteiger partial charge in [0.1, 0.15) is 11.5 Å². The number of carbonyl (C=O) groups excluding carboxylic acids is 1. The monoisotopic (exact) mass is 405 g/mol. The molecule has 9 heteroatoms. The van der Waals surface area contributed by atoms with E-state index < -0.39 is 15.9 Å². The number of benzene rings is 2. The van der Waals surface area contributed by atoms with E-state index in [0.29, 0.717) is 27.8 Å². The summed E-state index contributed by atoms with van der Waals surface area (Å²) in [5, 5.41) is 4.72. The average molecular weight is 406 g/mol. The van der Waals surface area contributed by atoms with Gasteiger partial charge in [-0.3, -0.25) is 9.48 Å². The molecular formula is C18H16ClN3O4S. The van der Waals surface area contributed by atoms with E-state index in [4.69, 9.17) is 16.3 Å². The van der Waals surface area contributed by atoms with E-state index in [1.807, 2.05) is 4.72 Å². The SMILES string of the molecule is Cn1nccc1-c1cc(C(=O)NS(C)(=O)=O)ccc1Oc1ccc(Cl)cc1. The maximum absolute atomic E-state index is 12.2. The van der Waals surface area contributed by atoms with Crippen molar-refractivity contribution in [2.45, 2.75) is 0 Å². The molecule has 0 aliphatic carbocycles. The van der Waals surface area contributed by atoms with Crippen LogP contribution in [0.4, 0.5) is 0 Å². The summed E-state index contributed by atoms with van der Waals surface area (Å²) in [6, 6.07) is 13.3. The molecule has 0 atom stereocenters. The molecule has 140 valence electrons. The molecule has 1 N–H and O–H groups in total. The second-order valence-electron chi connectivity index (χ2n) is 5.81. The molecule has 0 unspecified atom stereocenters. The highest BCUT2D eigenvalue weighted by Crippen LogP contribution is 2.34. The Kier molecular flexibility index (Phi) is 5.20. The molecule has 27 heavy (non-hydrogen) atoms. The van der Waals surface area contributed by atoms with Gasteiger partial charge in [-0.1, -0.05) is 11.6 Å². The molecule has 2 aromatic carbocycles. The van der Waals surface area contributed by atoms with Gasteiger partial charge in [0.2, 0.25) is 10.0 Å². The molecule has 3 aromatic rings. The summed E-state index contributed by atoms with van der Waals surface area (Å²) in [5.41, 5.74) is 1.47. The zero-order valence-corrected chi connectivity index (χ0v) is 16.1. The fourth-order valence-corrected chi connectivity index (χ4v) is 3.04. The first-order chi connectivity index (χ1) is 12.7. The summed E-state index contributed by atoms with van der Waals surface area (Å²) in [4.78, 5) is 12.2. The molecule has 1 amide bonds. The summed E-state index contributed by atoms with van der Waals surface area (Å²) >= 11 is 5.90. The fourth-order valence-electron chi connectivity index (χ4n) is 2.46. The standard InChI is InChI=1S/C18H16ClN3O4S/c1-22-16(9-10-20-22)15-11-12(18(23)21-27(2,24)25)3-8-17(15)26-14-6-4-13(19)5-7-14/h3-11H,1-2H3,(H,21,23). The van der Waals surface area contributed by atoms with Crippen molar-refractivity contribution in [1.29, 1.82) is 0 Å². The highest BCUT2D eigenvalue weighted by molar-refractivity contribution is 7.89. The molecule has 0 bridgehead atoms. The number of nitrogens with zero attached hydrogens (tertiary/aromatic N) is 2. The van der Waals surface area contributed by atoms with Crippen molar-refractivity contribution in [3.05, 3.63) is 65.3 Å². The van der Waals surface area contributed by atoms with Crippen molar-refractivity contribution in [2.24, 2.45) is 7.05 Å². The third-order valence-electron chi connectivity index (χ3n) is 3.66. The molecule has 0 fully saturated rings. The van der Waals surface area contributed by atoms with Crippen LogP contribution in [-0.2, 0) is 17.1 Å². The number of rotatable bonds is 5. The van der Waals surface area contributed by atoms with Crippen molar-refractivity contribution in [3.8, 4) is 22.8 Å². The second kappa shape index (κ2) is 7.42. The Morgan fingerprint density at radius 2 is 1.85 bits per heavy atom. The van der Waals surface area contributed by atoms with Crippen LogP contribution in [-0.4, -0.2) is 30.4 Å². The van der Waals surface area contributed by atoms with Crippen LogP contribution in [0, 0.1) is 0 Å². The number of aromatic nitrogens is 2. The van der Waals surface area contributed by atoms with Crippen LogP contribution in [0.1, 0.15) is 10.4 Å². The van der Waals surface area contributed by atoms with Gasteiger partial charge in [-0.05, 0) is 48.5 Å². The summed E-state index contributed by atoms with van der Waals surface area (Å²) in [5.74, 6) is 0.326. The van der Waals surface area contributed by atoms with Gasteiger partial charge in [0, 0.05) is 29.4 Å². The predicted octanol–water partition coefficient (Wildman–Crippen LogP) is 3.22. The van der Waals surface area contributed by atoms with Gasteiger partial charge in [0.25, 0.3) is 5.91 Å². The molecule has 7 nitrogen and oxygen atoms in total. The fraction of sp³-hybridized carbons (Fsp3) is 0.111. The van der Waals surface area contributed by atoms with E-state index in [2.05, 4.69) is 5.10 Å². The minimum Gasteiger partial charge on any atom is -0.457 e. The van der Waals surface area contributed by atoms with Crippen LogP contribution >= 0.6 is 11.6 Å². The predicted molar refractivity (Wildman–Crippen MR) is 102 cm³/mol. The zero-order chi connectivity index (χ0) is 19.6. The van der Waals surface area contributed by atoms with Gasteiger partial charge in [-0.15, -0.1) is 0 Å². The van der Waals surface area contributed by atoms with Gasteiger partial charge >= 0.3 is 0 Å². The number of hydrogen-bond acceptors (Lipinski definition) is 5. The maximum atomic E-state index is 12.2. The lowest BCUT2D eigenvalue weighted by atomic mass is 10.1. The van der Waals surface area contributed by atoms with E-state index in [1.54, 1.807) is 60.4 Å². The Hall–Kier alpha value is -2.84. The van der Waals surface area contributed by atoms with E-state index in [-0.39, 0.29) is 5.56 Å². The van der Waals surface area contributed by atoms with E-state index in [0.717, 1.165) is 6.26 Å². The lowest BCUT2D eigenvalue weighted by Gasteiger charge is -2.13. The van der Waals surface area contributed by atoms with Gasteiger partial charge in [0.05, 0.1) is 11.9 Å². The third-order valence-corrected chi connectivity index (χ3v) is 4.47. The minimum atomic E-state index is -3.67. The number of hydrogen-bond donors (Lipinski definition) is 1. The molecule has 3 rings (SSSR count). The van der Waals surface area contributed by atoms with Crippen LogP contribution in [0.25, 0.3) is 11.3 Å². The second-order valence-corrected chi connectivity index (χ2v) is 8.00. The van der Waals surface area contributed by atoms with E-state index >= 15 is 0 Å². The number of amides is 1. The van der Waals surface area contributed by atoms with Crippen LogP contribution in [0.3, 0.4) is 0 Å². The topological polar surface area (TPSA) is 90.3 Å². The summed E-state index contributed by atoms with van der Waals surface area (Å²) < 4.78 is 32.2. The average Bonchev–Trinajstić information content (AvgIpc) is 3.01. The summed E-state index contributed by atoms with van der Waals surface area (Å²) in [7, 11) is -1.92. The van der Waals surface area contributed by atoms with Crippen LogP contribution < -0.4 is 9.46 Å².